The van der Waals surface area contributed by atoms with Crippen LogP contribution in [0, 0.1) is 12.7 Å². The third-order valence-electron chi connectivity index (χ3n) is 4.88. The topological polar surface area (TPSA) is 84.0 Å². The van der Waals surface area contributed by atoms with Crippen molar-refractivity contribution in [3.8, 4) is 11.3 Å². The Morgan fingerprint density at radius 3 is 2.35 bits per heavy atom. The molecule has 0 radical (unpaired) electrons. The second-order valence-electron chi connectivity index (χ2n) is 7.06. The zero-order valence-corrected chi connectivity index (χ0v) is 17.9. The summed E-state index contributed by atoms with van der Waals surface area (Å²) < 4.78 is 40.9. The summed E-state index contributed by atoms with van der Waals surface area (Å²) in [5, 5.41) is 13.5. The number of fused-ring (bicyclic) bond motifs is 1. The summed E-state index contributed by atoms with van der Waals surface area (Å²) in [5.41, 5.74) is 2.56. The van der Waals surface area contributed by atoms with Crippen LogP contribution in [-0.2, 0) is 10.0 Å². The summed E-state index contributed by atoms with van der Waals surface area (Å²) >= 11 is 0. The molecule has 4 aromatic rings. The molecule has 3 aromatic carbocycles. The lowest BCUT2D eigenvalue weighted by Gasteiger charge is -2.13. The van der Waals surface area contributed by atoms with Gasteiger partial charge in [0.2, 0.25) is 10.0 Å². The molecule has 0 aliphatic carbocycles. The molecule has 0 saturated heterocycles. The highest BCUT2D eigenvalue weighted by atomic mass is 32.2. The standard InChI is InChI=1S/C23H21FN4O2S/c1-3-25-31(29,30)21-14-16(9-8-15(21)2)22-19-6-4-5-7-20(19)23(28-27-22)26-18-12-10-17(24)11-13-18/h4-14,25H,3H2,1-2H3,(H,26,28). The van der Waals surface area contributed by atoms with Crippen molar-refractivity contribution in [2.45, 2.75) is 18.7 Å². The van der Waals surface area contributed by atoms with Gasteiger partial charge in [-0.25, -0.2) is 17.5 Å². The fraction of sp³-hybridized carbons (Fsp3) is 0.130. The molecule has 0 amide bonds. The minimum atomic E-state index is -3.62. The Kier molecular flexibility index (Phi) is 5.67. The Morgan fingerprint density at radius 1 is 0.935 bits per heavy atom. The third kappa shape index (κ3) is 4.26. The van der Waals surface area contributed by atoms with Crippen LogP contribution in [0.3, 0.4) is 0 Å². The second kappa shape index (κ2) is 8.41. The van der Waals surface area contributed by atoms with Crippen LogP contribution in [0.4, 0.5) is 15.9 Å². The van der Waals surface area contributed by atoms with Gasteiger partial charge in [-0.1, -0.05) is 43.3 Å². The van der Waals surface area contributed by atoms with E-state index in [9.17, 15) is 12.8 Å². The van der Waals surface area contributed by atoms with Crippen LogP contribution in [0.1, 0.15) is 12.5 Å². The maximum absolute atomic E-state index is 13.2. The molecule has 0 unspecified atom stereocenters. The summed E-state index contributed by atoms with van der Waals surface area (Å²) in [6, 6.07) is 18.8. The number of hydrogen-bond acceptors (Lipinski definition) is 5. The van der Waals surface area contributed by atoms with Crippen LogP contribution in [0.5, 0.6) is 0 Å². The van der Waals surface area contributed by atoms with Crippen molar-refractivity contribution in [1.82, 2.24) is 14.9 Å². The molecule has 0 aliphatic heterocycles. The molecule has 0 atom stereocenters. The predicted molar refractivity (Wildman–Crippen MR) is 120 cm³/mol. The highest BCUT2D eigenvalue weighted by Crippen LogP contribution is 2.32. The van der Waals surface area contributed by atoms with Crippen molar-refractivity contribution in [2.75, 3.05) is 11.9 Å². The SMILES string of the molecule is CCNS(=O)(=O)c1cc(-c2nnc(Nc3ccc(F)cc3)c3ccccc23)ccc1C. The Balaban J connectivity index is 1.82. The van der Waals surface area contributed by atoms with Crippen LogP contribution in [-0.4, -0.2) is 25.2 Å². The molecule has 1 aromatic heterocycles. The van der Waals surface area contributed by atoms with Gasteiger partial charge in [0.1, 0.15) is 11.5 Å². The number of sulfonamides is 1. The van der Waals surface area contributed by atoms with E-state index < -0.39 is 10.0 Å². The molecule has 158 valence electrons. The Morgan fingerprint density at radius 2 is 1.65 bits per heavy atom. The Hall–Kier alpha value is -3.36. The first-order valence-electron chi connectivity index (χ1n) is 9.78. The van der Waals surface area contributed by atoms with E-state index in [0.29, 0.717) is 34.9 Å². The molecular weight excluding hydrogens is 415 g/mol. The van der Waals surface area contributed by atoms with E-state index in [0.717, 1.165) is 10.8 Å². The molecule has 1 heterocycles. The molecule has 0 saturated carbocycles. The number of aryl methyl sites for hydroxylation is 1. The first-order chi connectivity index (χ1) is 14.9. The highest BCUT2D eigenvalue weighted by molar-refractivity contribution is 7.89. The number of rotatable bonds is 6. The van der Waals surface area contributed by atoms with Gasteiger partial charge in [-0.3, -0.25) is 0 Å². The molecule has 0 spiro atoms. The summed E-state index contributed by atoms with van der Waals surface area (Å²) in [6.45, 7) is 3.80. The summed E-state index contributed by atoms with van der Waals surface area (Å²) in [6.07, 6.45) is 0. The van der Waals surface area contributed by atoms with E-state index >= 15 is 0 Å². The van der Waals surface area contributed by atoms with Gasteiger partial charge in [-0.15, -0.1) is 10.2 Å². The van der Waals surface area contributed by atoms with Crippen molar-refractivity contribution in [3.05, 3.63) is 78.1 Å². The molecule has 8 heteroatoms. The van der Waals surface area contributed by atoms with E-state index in [-0.39, 0.29) is 10.7 Å². The number of hydrogen-bond donors (Lipinski definition) is 2. The van der Waals surface area contributed by atoms with Gasteiger partial charge in [0.15, 0.2) is 5.82 Å². The van der Waals surface area contributed by atoms with E-state index in [4.69, 9.17) is 0 Å². The van der Waals surface area contributed by atoms with Crippen LogP contribution in [0.2, 0.25) is 0 Å². The monoisotopic (exact) mass is 436 g/mol. The number of nitrogens with zero attached hydrogens (tertiary/aromatic N) is 2. The van der Waals surface area contributed by atoms with Crippen LogP contribution >= 0.6 is 0 Å². The van der Waals surface area contributed by atoms with Gasteiger partial charge in [-0.2, -0.15) is 0 Å². The number of anilines is 2. The van der Waals surface area contributed by atoms with Gasteiger partial charge in [0.05, 0.1) is 4.90 Å². The van der Waals surface area contributed by atoms with E-state index in [2.05, 4.69) is 20.2 Å². The fourth-order valence-corrected chi connectivity index (χ4v) is 4.69. The van der Waals surface area contributed by atoms with Crippen LogP contribution in [0.25, 0.3) is 22.0 Å². The molecule has 4 rings (SSSR count). The minimum Gasteiger partial charge on any atom is -0.338 e. The number of nitrogens with one attached hydrogen (secondary N) is 2. The normalized spacial score (nSPS) is 11.6. The zero-order chi connectivity index (χ0) is 22.0. The lowest BCUT2D eigenvalue weighted by atomic mass is 10.0. The van der Waals surface area contributed by atoms with Crippen LogP contribution in [0.15, 0.2) is 71.6 Å². The van der Waals surface area contributed by atoms with Crippen molar-refractivity contribution >= 4 is 32.3 Å². The lowest BCUT2D eigenvalue weighted by Crippen LogP contribution is -2.24. The molecule has 0 bridgehead atoms. The van der Waals surface area contributed by atoms with Gasteiger partial charge in [0.25, 0.3) is 0 Å². The smallest absolute Gasteiger partial charge is 0.240 e. The number of halogens is 1. The molecule has 6 nitrogen and oxygen atoms in total. The molecular formula is C23H21FN4O2S. The maximum Gasteiger partial charge on any atom is 0.240 e. The quantitative estimate of drug-likeness (QED) is 0.454. The highest BCUT2D eigenvalue weighted by Gasteiger charge is 2.18. The van der Waals surface area contributed by atoms with Gasteiger partial charge in [0, 0.05) is 28.6 Å². The molecule has 31 heavy (non-hydrogen) atoms. The van der Waals surface area contributed by atoms with Crippen LogP contribution < -0.4 is 10.0 Å². The van der Waals surface area contributed by atoms with Crippen molar-refractivity contribution < 1.29 is 12.8 Å². The third-order valence-corrected chi connectivity index (χ3v) is 6.57. The Labute approximate surface area is 180 Å². The van der Waals surface area contributed by atoms with E-state index in [1.807, 2.05) is 30.3 Å². The summed E-state index contributed by atoms with van der Waals surface area (Å²) in [7, 11) is -3.62. The maximum atomic E-state index is 13.2. The van der Waals surface area contributed by atoms with Gasteiger partial charge >= 0.3 is 0 Å². The average Bonchev–Trinajstić information content (AvgIpc) is 2.76. The lowest BCUT2D eigenvalue weighted by molar-refractivity contribution is 0.583. The largest absolute Gasteiger partial charge is 0.338 e. The number of aromatic nitrogens is 2. The minimum absolute atomic E-state index is 0.214. The Bertz CT molecular complexity index is 1360. The number of benzene rings is 3. The predicted octanol–water partition coefficient (Wildman–Crippen LogP) is 4.79. The fourth-order valence-electron chi connectivity index (χ4n) is 3.38. The summed E-state index contributed by atoms with van der Waals surface area (Å²) in [4.78, 5) is 0.214. The second-order valence-corrected chi connectivity index (χ2v) is 8.79. The average molecular weight is 437 g/mol. The molecule has 2 N–H and O–H groups in total. The van der Waals surface area contributed by atoms with Crippen molar-refractivity contribution in [2.24, 2.45) is 0 Å². The van der Waals surface area contributed by atoms with E-state index in [1.54, 1.807) is 38.1 Å². The van der Waals surface area contributed by atoms with Crippen molar-refractivity contribution in [3.63, 3.8) is 0 Å². The van der Waals surface area contributed by atoms with Gasteiger partial charge in [-0.05, 0) is 42.8 Å². The molecule has 0 aliphatic rings. The van der Waals surface area contributed by atoms with Crippen molar-refractivity contribution in [1.29, 1.82) is 0 Å². The molecule has 0 fully saturated rings. The summed E-state index contributed by atoms with van der Waals surface area (Å²) in [5.74, 6) is 0.207. The van der Waals surface area contributed by atoms with E-state index in [1.165, 1.54) is 12.1 Å². The zero-order valence-electron chi connectivity index (χ0n) is 17.1. The van der Waals surface area contributed by atoms with Gasteiger partial charge < -0.3 is 5.32 Å². The first kappa shape index (κ1) is 20.9. The first-order valence-corrected chi connectivity index (χ1v) is 11.3.